The number of hydrogen-bond acceptors (Lipinski definition) is 6. The monoisotopic (exact) mass is 408 g/mol. The van der Waals surface area contributed by atoms with Gasteiger partial charge in [-0.3, -0.25) is 14.2 Å². The average Bonchev–Trinajstić information content (AvgIpc) is 3.00. The fraction of sp³-hybridized carbons (Fsp3) is 0.500. The number of fused-ring (bicyclic) bond motifs is 1. The first-order valence-corrected chi connectivity index (χ1v) is 10.6. The minimum absolute atomic E-state index is 0.118. The summed E-state index contributed by atoms with van der Waals surface area (Å²) in [5, 5.41) is -0.367. The highest BCUT2D eigenvalue weighted by Gasteiger charge is 2.33. The summed E-state index contributed by atoms with van der Waals surface area (Å²) in [6.45, 7) is 9.71. The zero-order valence-corrected chi connectivity index (χ0v) is 17.0. The van der Waals surface area contributed by atoms with Gasteiger partial charge in [0, 0.05) is 32.7 Å². The molecule has 28 heavy (non-hydrogen) atoms. The van der Waals surface area contributed by atoms with Crippen LogP contribution in [0.15, 0.2) is 28.2 Å². The molecule has 3 heterocycles. The lowest BCUT2D eigenvalue weighted by atomic mass is 10.1. The fourth-order valence-electron chi connectivity index (χ4n) is 3.27. The Labute approximate surface area is 163 Å². The normalized spacial score (nSPS) is 16.1. The van der Waals surface area contributed by atoms with Crippen molar-refractivity contribution in [2.75, 3.05) is 26.2 Å². The second-order valence-electron chi connectivity index (χ2n) is 6.99. The minimum atomic E-state index is -3.36. The van der Waals surface area contributed by atoms with Crippen LogP contribution in [0.25, 0.3) is 11.1 Å². The van der Waals surface area contributed by atoms with Gasteiger partial charge in [-0.15, -0.1) is 6.58 Å². The third kappa shape index (κ3) is 3.37. The summed E-state index contributed by atoms with van der Waals surface area (Å²) in [5.74, 6) is -0.0358. The van der Waals surface area contributed by atoms with Gasteiger partial charge < -0.3 is 9.32 Å². The lowest BCUT2D eigenvalue weighted by molar-refractivity contribution is 0.0697. The number of piperazine rings is 1. The van der Waals surface area contributed by atoms with Crippen molar-refractivity contribution in [1.29, 1.82) is 0 Å². The topological polar surface area (TPSA) is 106 Å². The number of allylic oxidation sites excluding steroid dienone is 1. The standard InChI is InChI=1S/C18H24N4O5S/c1-5-6-21-11-19-16-15(18(21)24)14(13(4)27-16)17(23)20-7-9-22(10-8-20)28(25,26)12(2)3/h5,11-12H,1,6-10H2,2-4H3. The smallest absolute Gasteiger partial charge is 0.265 e. The Morgan fingerprint density at radius 2 is 1.96 bits per heavy atom. The van der Waals surface area contributed by atoms with Gasteiger partial charge in [0.15, 0.2) is 0 Å². The van der Waals surface area contributed by atoms with Crippen molar-refractivity contribution in [3.8, 4) is 0 Å². The van der Waals surface area contributed by atoms with Crippen LogP contribution in [0, 0.1) is 6.92 Å². The van der Waals surface area contributed by atoms with Crippen molar-refractivity contribution >= 4 is 27.0 Å². The van der Waals surface area contributed by atoms with E-state index in [-0.39, 0.29) is 60.9 Å². The first-order valence-electron chi connectivity index (χ1n) is 9.06. The third-order valence-electron chi connectivity index (χ3n) is 4.88. The van der Waals surface area contributed by atoms with Gasteiger partial charge in [0.2, 0.25) is 15.7 Å². The minimum Gasteiger partial charge on any atom is -0.442 e. The Kier molecular flexibility index (Phi) is 5.44. The number of furan rings is 1. The SMILES string of the molecule is C=CCn1cnc2oc(C)c(C(=O)N3CCN(S(=O)(=O)C(C)C)CC3)c2c1=O. The molecule has 0 radical (unpaired) electrons. The van der Waals surface area contributed by atoms with Gasteiger partial charge in [0.25, 0.3) is 11.5 Å². The number of nitrogens with zero attached hydrogens (tertiary/aromatic N) is 4. The molecule has 0 atom stereocenters. The number of carbonyl (C=O) groups is 1. The number of carbonyl (C=O) groups excluding carboxylic acids is 1. The molecule has 2 aromatic heterocycles. The van der Waals surface area contributed by atoms with Crippen molar-refractivity contribution in [2.24, 2.45) is 0 Å². The van der Waals surface area contributed by atoms with Gasteiger partial charge in [-0.2, -0.15) is 4.31 Å². The van der Waals surface area contributed by atoms with E-state index < -0.39 is 15.3 Å². The van der Waals surface area contributed by atoms with E-state index in [1.165, 1.54) is 15.2 Å². The molecular formula is C18H24N4O5S. The molecule has 0 aliphatic carbocycles. The molecule has 0 saturated carbocycles. The fourth-order valence-corrected chi connectivity index (χ4v) is 4.53. The molecule has 0 unspecified atom stereocenters. The lowest BCUT2D eigenvalue weighted by Crippen LogP contribution is -2.52. The molecule has 152 valence electrons. The molecule has 10 heteroatoms. The number of amides is 1. The van der Waals surface area contributed by atoms with E-state index in [9.17, 15) is 18.0 Å². The summed E-state index contributed by atoms with van der Waals surface area (Å²) in [6.07, 6.45) is 2.93. The van der Waals surface area contributed by atoms with Crippen LogP contribution >= 0.6 is 0 Å². The molecule has 1 aliphatic rings. The maximum absolute atomic E-state index is 13.1. The zero-order chi connectivity index (χ0) is 20.6. The van der Waals surface area contributed by atoms with E-state index >= 15 is 0 Å². The van der Waals surface area contributed by atoms with Gasteiger partial charge >= 0.3 is 0 Å². The van der Waals surface area contributed by atoms with Crippen LogP contribution in [0.2, 0.25) is 0 Å². The Morgan fingerprint density at radius 3 is 2.54 bits per heavy atom. The Hall–Kier alpha value is -2.46. The summed E-state index contributed by atoms with van der Waals surface area (Å²) >= 11 is 0. The molecule has 0 bridgehead atoms. The molecule has 2 aromatic rings. The van der Waals surface area contributed by atoms with Gasteiger partial charge in [0.05, 0.1) is 10.8 Å². The average molecular weight is 408 g/mol. The number of aromatic nitrogens is 2. The first kappa shape index (κ1) is 20.3. The van der Waals surface area contributed by atoms with E-state index in [1.54, 1.807) is 31.7 Å². The van der Waals surface area contributed by atoms with E-state index in [0.29, 0.717) is 5.76 Å². The number of sulfonamides is 1. The molecule has 9 nitrogen and oxygen atoms in total. The van der Waals surface area contributed by atoms with Crippen molar-refractivity contribution in [1.82, 2.24) is 18.8 Å². The van der Waals surface area contributed by atoms with Crippen LogP contribution in [0.4, 0.5) is 0 Å². The quantitative estimate of drug-likeness (QED) is 0.683. The van der Waals surface area contributed by atoms with Crippen LogP contribution in [-0.4, -0.2) is 64.5 Å². The van der Waals surface area contributed by atoms with E-state index in [2.05, 4.69) is 11.6 Å². The van der Waals surface area contributed by atoms with Gasteiger partial charge in [-0.05, 0) is 20.8 Å². The number of rotatable bonds is 5. The molecule has 0 spiro atoms. The maximum atomic E-state index is 13.1. The lowest BCUT2D eigenvalue weighted by Gasteiger charge is -2.34. The van der Waals surface area contributed by atoms with Gasteiger partial charge in [-0.1, -0.05) is 6.08 Å². The Balaban J connectivity index is 1.91. The van der Waals surface area contributed by atoms with Crippen molar-refractivity contribution in [3.05, 3.63) is 40.7 Å². The predicted octanol–water partition coefficient (Wildman–Crippen LogP) is 0.980. The second-order valence-corrected chi connectivity index (χ2v) is 9.48. The molecule has 1 fully saturated rings. The molecule has 1 aliphatic heterocycles. The molecule has 3 rings (SSSR count). The summed E-state index contributed by atoms with van der Waals surface area (Å²) in [5.41, 5.74) is -0.0654. The summed E-state index contributed by atoms with van der Waals surface area (Å²) in [6, 6.07) is 0. The highest BCUT2D eigenvalue weighted by atomic mass is 32.2. The first-order chi connectivity index (χ1) is 13.2. The van der Waals surface area contributed by atoms with Crippen molar-refractivity contribution < 1.29 is 17.6 Å². The highest BCUT2D eigenvalue weighted by Crippen LogP contribution is 2.23. The second kappa shape index (κ2) is 7.51. The molecule has 0 aromatic carbocycles. The Morgan fingerprint density at radius 1 is 1.32 bits per heavy atom. The van der Waals surface area contributed by atoms with Crippen LogP contribution in [0.3, 0.4) is 0 Å². The van der Waals surface area contributed by atoms with E-state index in [0.717, 1.165) is 0 Å². The summed E-state index contributed by atoms with van der Waals surface area (Å²) in [7, 11) is -3.36. The highest BCUT2D eigenvalue weighted by molar-refractivity contribution is 7.89. The van der Waals surface area contributed by atoms with Crippen LogP contribution in [-0.2, 0) is 16.6 Å². The summed E-state index contributed by atoms with van der Waals surface area (Å²) in [4.78, 5) is 31.5. The van der Waals surface area contributed by atoms with Crippen LogP contribution < -0.4 is 5.56 Å². The largest absolute Gasteiger partial charge is 0.442 e. The van der Waals surface area contributed by atoms with Crippen molar-refractivity contribution in [2.45, 2.75) is 32.6 Å². The van der Waals surface area contributed by atoms with Crippen LogP contribution in [0.5, 0.6) is 0 Å². The number of aryl methyl sites for hydroxylation is 1. The van der Waals surface area contributed by atoms with Gasteiger partial charge in [0.1, 0.15) is 17.5 Å². The summed E-state index contributed by atoms with van der Waals surface area (Å²) < 4.78 is 32.9. The molecule has 1 amide bonds. The van der Waals surface area contributed by atoms with E-state index in [4.69, 9.17) is 4.42 Å². The van der Waals surface area contributed by atoms with Gasteiger partial charge in [-0.25, -0.2) is 13.4 Å². The molecule has 1 saturated heterocycles. The van der Waals surface area contributed by atoms with Crippen molar-refractivity contribution in [3.63, 3.8) is 0 Å². The third-order valence-corrected chi connectivity index (χ3v) is 7.15. The molecular weight excluding hydrogens is 384 g/mol. The Bertz CT molecular complexity index is 1080. The maximum Gasteiger partial charge on any atom is 0.265 e. The van der Waals surface area contributed by atoms with E-state index in [1.807, 2.05) is 0 Å². The van der Waals surface area contributed by atoms with Crippen LogP contribution in [0.1, 0.15) is 30.0 Å². The number of hydrogen-bond donors (Lipinski definition) is 0. The zero-order valence-electron chi connectivity index (χ0n) is 16.2. The predicted molar refractivity (Wildman–Crippen MR) is 105 cm³/mol. The molecule has 0 N–H and O–H groups in total.